The zero-order valence-corrected chi connectivity index (χ0v) is 11.7. The van der Waals surface area contributed by atoms with Crippen LogP contribution in [0.3, 0.4) is 0 Å². The van der Waals surface area contributed by atoms with Crippen molar-refractivity contribution in [3.05, 3.63) is 0 Å². The molecule has 0 aliphatic heterocycles. The SMILES string of the molecule is COC(=O)C(CS[C@@H]1CCCC[C@H]1O)NC(C)=O. The maximum Gasteiger partial charge on any atom is 0.329 e. The van der Waals surface area contributed by atoms with Crippen molar-refractivity contribution in [1.82, 2.24) is 5.32 Å². The van der Waals surface area contributed by atoms with E-state index in [9.17, 15) is 14.7 Å². The minimum Gasteiger partial charge on any atom is -0.467 e. The number of rotatable bonds is 5. The van der Waals surface area contributed by atoms with Crippen LogP contribution in [0.4, 0.5) is 0 Å². The Hall–Kier alpha value is -0.750. The molecule has 3 atom stereocenters. The summed E-state index contributed by atoms with van der Waals surface area (Å²) in [5.41, 5.74) is 0. The van der Waals surface area contributed by atoms with Crippen LogP contribution in [0.25, 0.3) is 0 Å². The van der Waals surface area contributed by atoms with E-state index in [4.69, 9.17) is 0 Å². The Bertz CT molecular complexity index is 298. The Morgan fingerprint density at radius 3 is 2.67 bits per heavy atom. The van der Waals surface area contributed by atoms with Crippen LogP contribution in [-0.4, -0.2) is 47.2 Å². The molecule has 2 N–H and O–H groups in total. The zero-order valence-electron chi connectivity index (χ0n) is 10.8. The standard InChI is InChI=1S/C12H21NO4S/c1-8(14)13-9(12(16)17-2)7-18-11-6-4-3-5-10(11)15/h9-11,15H,3-7H2,1-2H3,(H,13,14)/t9?,10-,11-/m1/s1. The fourth-order valence-electron chi connectivity index (χ4n) is 2.05. The summed E-state index contributed by atoms with van der Waals surface area (Å²) in [5.74, 6) is -0.258. The van der Waals surface area contributed by atoms with E-state index in [1.807, 2.05) is 0 Å². The summed E-state index contributed by atoms with van der Waals surface area (Å²) in [6, 6.07) is -0.633. The van der Waals surface area contributed by atoms with Crippen LogP contribution in [0.1, 0.15) is 32.6 Å². The normalized spacial score (nSPS) is 25.3. The van der Waals surface area contributed by atoms with Crippen LogP contribution in [0.5, 0.6) is 0 Å². The molecule has 1 aliphatic rings. The number of esters is 1. The van der Waals surface area contributed by atoms with Crippen LogP contribution >= 0.6 is 11.8 Å². The van der Waals surface area contributed by atoms with E-state index in [1.54, 1.807) is 0 Å². The van der Waals surface area contributed by atoms with E-state index >= 15 is 0 Å². The number of carbonyl (C=O) groups is 2. The van der Waals surface area contributed by atoms with E-state index < -0.39 is 12.0 Å². The van der Waals surface area contributed by atoms with E-state index in [-0.39, 0.29) is 17.3 Å². The van der Waals surface area contributed by atoms with Gasteiger partial charge in [-0.2, -0.15) is 11.8 Å². The first-order chi connectivity index (χ1) is 8.54. The molecule has 1 unspecified atom stereocenters. The number of methoxy groups -OCH3 is 1. The maximum absolute atomic E-state index is 11.5. The summed E-state index contributed by atoms with van der Waals surface area (Å²) in [6.45, 7) is 1.37. The molecule has 0 aromatic carbocycles. The lowest BCUT2D eigenvalue weighted by Crippen LogP contribution is -2.43. The van der Waals surface area contributed by atoms with Crippen molar-refractivity contribution in [2.75, 3.05) is 12.9 Å². The number of carbonyl (C=O) groups excluding carboxylic acids is 2. The summed E-state index contributed by atoms with van der Waals surface area (Å²) in [6.07, 6.45) is 3.64. The average Bonchev–Trinajstić information content (AvgIpc) is 2.34. The second-order valence-corrected chi connectivity index (χ2v) is 5.77. The molecule has 1 aliphatic carbocycles. The third-order valence-electron chi connectivity index (χ3n) is 3.01. The summed E-state index contributed by atoms with van der Waals surface area (Å²) < 4.78 is 4.65. The number of thioether (sulfide) groups is 1. The molecule has 5 nitrogen and oxygen atoms in total. The number of hydrogen-bond acceptors (Lipinski definition) is 5. The van der Waals surface area contributed by atoms with Crippen molar-refractivity contribution in [2.24, 2.45) is 0 Å². The van der Waals surface area contributed by atoms with Crippen molar-refractivity contribution >= 4 is 23.6 Å². The average molecular weight is 275 g/mol. The highest BCUT2D eigenvalue weighted by atomic mass is 32.2. The Labute approximate surface area is 112 Å². The van der Waals surface area contributed by atoms with E-state index in [1.165, 1.54) is 25.8 Å². The Morgan fingerprint density at radius 1 is 1.44 bits per heavy atom. The third kappa shape index (κ3) is 4.86. The first-order valence-electron chi connectivity index (χ1n) is 6.19. The van der Waals surface area contributed by atoms with Crippen molar-refractivity contribution < 1.29 is 19.4 Å². The molecule has 1 saturated carbocycles. The van der Waals surface area contributed by atoms with Gasteiger partial charge in [0, 0.05) is 17.9 Å². The monoisotopic (exact) mass is 275 g/mol. The molecule has 18 heavy (non-hydrogen) atoms. The highest BCUT2D eigenvalue weighted by Crippen LogP contribution is 2.29. The molecular formula is C12H21NO4S. The van der Waals surface area contributed by atoms with Crippen LogP contribution in [0.15, 0.2) is 0 Å². The summed E-state index contributed by atoms with van der Waals surface area (Å²) >= 11 is 1.53. The first kappa shape index (κ1) is 15.3. The summed E-state index contributed by atoms with van der Waals surface area (Å²) in [5, 5.41) is 12.6. The molecule has 0 aromatic rings. The van der Waals surface area contributed by atoms with Gasteiger partial charge in [0.2, 0.25) is 5.91 Å². The Kier molecular flexibility index (Phi) is 6.49. The quantitative estimate of drug-likeness (QED) is 0.722. The first-order valence-corrected chi connectivity index (χ1v) is 7.24. The fraction of sp³-hybridized carbons (Fsp3) is 0.833. The molecule has 1 rings (SSSR count). The van der Waals surface area contributed by atoms with Gasteiger partial charge < -0.3 is 15.2 Å². The number of ether oxygens (including phenoxy) is 1. The molecule has 6 heteroatoms. The number of nitrogens with one attached hydrogen (secondary N) is 1. The topological polar surface area (TPSA) is 75.6 Å². The van der Waals surface area contributed by atoms with Crippen molar-refractivity contribution in [2.45, 2.75) is 50.0 Å². The zero-order chi connectivity index (χ0) is 13.5. The van der Waals surface area contributed by atoms with Crippen LogP contribution < -0.4 is 5.32 Å². The van der Waals surface area contributed by atoms with Gasteiger partial charge in [0.25, 0.3) is 0 Å². The van der Waals surface area contributed by atoms with Gasteiger partial charge in [-0.15, -0.1) is 0 Å². The van der Waals surface area contributed by atoms with Gasteiger partial charge in [-0.05, 0) is 12.8 Å². The molecular weight excluding hydrogens is 254 g/mol. The molecule has 0 saturated heterocycles. The molecule has 1 fully saturated rings. The minimum atomic E-state index is -0.633. The lowest BCUT2D eigenvalue weighted by Gasteiger charge is -2.28. The molecule has 0 spiro atoms. The number of aliphatic hydroxyl groups excluding tert-OH is 1. The molecule has 0 bridgehead atoms. The fourth-order valence-corrected chi connectivity index (χ4v) is 3.40. The van der Waals surface area contributed by atoms with Gasteiger partial charge in [0.1, 0.15) is 6.04 Å². The van der Waals surface area contributed by atoms with Gasteiger partial charge in [0.15, 0.2) is 0 Å². The number of hydrogen-bond donors (Lipinski definition) is 2. The van der Waals surface area contributed by atoms with E-state index in [0.29, 0.717) is 5.75 Å². The van der Waals surface area contributed by atoms with Gasteiger partial charge in [-0.1, -0.05) is 12.8 Å². The predicted octanol–water partition coefficient (Wildman–Crippen LogP) is 0.701. The lowest BCUT2D eigenvalue weighted by molar-refractivity contribution is -0.144. The molecule has 0 radical (unpaired) electrons. The number of amides is 1. The predicted molar refractivity (Wildman–Crippen MR) is 70.3 cm³/mol. The largest absolute Gasteiger partial charge is 0.467 e. The third-order valence-corrected chi connectivity index (χ3v) is 4.51. The molecule has 1 amide bonds. The van der Waals surface area contributed by atoms with Crippen molar-refractivity contribution in [1.29, 1.82) is 0 Å². The van der Waals surface area contributed by atoms with E-state index in [2.05, 4.69) is 10.1 Å². The van der Waals surface area contributed by atoms with Gasteiger partial charge in [0.05, 0.1) is 13.2 Å². The van der Waals surface area contributed by atoms with Gasteiger partial charge in [-0.3, -0.25) is 4.79 Å². The number of aliphatic hydroxyl groups is 1. The van der Waals surface area contributed by atoms with Crippen LogP contribution in [0, 0.1) is 0 Å². The highest BCUT2D eigenvalue weighted by Gasteiger charge is 2.27. The summed E-state index contributed by atoms with van der Waals surface area (Å²) in [4.78, 5) is 22.5. The van der Waals surface area contributed by atoms with Crippen LogP contribution in [-0.2, 0) is 14.3 Å². The smallest absolute Gasteiger partial charge is 0.329 e. The summed E-state index contributed by atoms with van der Waals surface area (Å²) in [7, 11) is 1.30. The van der Waals surface area contributed by atoms with E-state index in [0.717, 1.165) is 25.7 Å². The Morgan fingerprint density at radius 2 is 2.11 bits per heavy atom. The lowest BCUT2D eigenvalue weighted by atomic mass is 9.97. The molecule has 0 heterocycles. The van der Waals surface area contributed by atoms with Crippen molar-refractivity contribution in [3.8, 4) is 0 Å². The minimum absolute atomic E-state index is 0.152. The van der Waals surface area contributed by atoms with Crippen molar-refractivity contribution in [3.63, 3.8) is 0 Å². The maximum atomic E-state index is 11.5. The van der Waals surface area contributed by atoms with Gasteiger partial charge >= 0.3 is 5.97 Å². The second-order valence-electron chi connectivity index (χ2n) is 4.50. The second kappa shape index (κ2) is 7.63. The highest BCUT2D eigenvalue weighted by molar-refractivity contribution is 8.00. The Balaban J connectivity index is 2.45. The van der Waals surface area contributed by atoms with Crippen LogP contribution in [0.2, 0.25) is 0 Å². The molecule has 0 aromatic heterocycles. The van der Waals surface area contributed by atoms with Gasteiger partial charge in [-0.25, -0.2) is 4.79 Å². The molecule has 104 valence electrons.